The van der Waals surface area contributed by atoms with Crippen LogP contribution in [0.3, 0.4) is 0 Å². The van der Waals surface area contributed by atoms with Gasteiger partial charge < -0.3 is 21.6 Å². The van der Waals surface area contributed by atoms with E-state index >= 15 is 0 Å². The third kappa shape index (κ3) is 2.98. The van der Waals surface area contributed by atoms with Crippen molar-refractivity contribution in [3.63, 3.8) is 0 Å². The third-order valence-electron chi connectivity index (χ3n) is 3.79. The fourth-order valence-electron chi connectivity index (χ4n) is 2.47. The second kappa shape index (κ2) is 6.60. The van der Waals surface area contributed by atoms with Crippen molar-refractivity contribution >= 4 is 33.6 Å². The highest BCUT2D eigenvalue weighted by Gasteiger charge is 2.17. The van der Waals surface area contributed by atoms with Gasteiger partial charge in [-0.05, 0) is 18.6 Å². The average molecular weight is 355 g/mol. The van der Waals surface area contributed by atoms with E-state index in [1.807, 2.05) is 13.0 Å². The minimum absolute atomic E-state index is 0.235. The van der Waals surface area contributed by atoms with Crippen molar-refractivity contribution in [2.45, 2.75) is 13.2 Å². The number of hydrogen-bond acceptors (Lipinski definition) is 7. The lowest BCUT2D eigenvalue weighted by molar-refractivity contribution is 0.186. The number of thiazole rings is 1. The molecule has 3 aromatic heterocycles. The number of nitrogen functional groups attached to an aromatic ring is 1. The van der Waals surface area contributed by atoms with Crippen molar-refractivity contribution in [3.8, 4) is 10.6 Å². The number of rotatable bonds is 4. The maximum atomic E-state index is 12.5. The molecule has 3 aromatic rings. The number of nitrogens with zero attached hydrogens (tertiary/aromatic N) is 2. The molecule has 0 fully saturated rings. The number of H-pyrrole nitrogens is 1. The molecule has 3 rings (SSSR count). The van der Waals surface area contributed by atoms with Crippen LogP contribution in [0.2, 0.25) is 0 Å². The Morgan fingerprint density at radius 2 is 2.20 bits per heavy atom. The summed E-state index contributed by atoms with van der Waals surface area (Å²) in [5, 5.41) is 9.95. The van der Waals surface area contributed by atoms with Crippen molar-refractivity contribution in [3.05, 3.63) is 58.0 Å². The lowest BCUT2D eigenvalue weighted by Crippen LogP contribution is -2.14. The van der Waals surface area contributed by atoms with Gasteiger partial charge in [-0.1, -0.05) is 18.7 Å². The van der Waals surface area contributed by atoms with Gasteiger partial charge in [-0.3, -0.25) is 9.78 Å². The van der Waals surface area contributed by atoms with Gasteiger partial charge >= 0.3 is 0 Å². The maximum Gasteiger partial charge on any atom is 0.260 e. The molecule has 0 aliphatic rings. The van der Waals surface area contributed by atoms with Crippen LogP contribution in [0.5, 0.6) is 0 Å². The summed E-state index contributed by atoms with van der Waals surface area (Å²) in [6.45, 7) is 5.67. The molecule has 0 aliphatic heterocycles. The van der Waals surface area contributed by atoms with E-state index in [0.29, 0.717) is 21.6 Å². The highest BCUT2D eigenvalue weighted by Crippen LogP contribution is 2.33. The Balaban J connectivity index is 2.19. The molecule has 0 saturated carbocycles. The molecular weight excluding hydrogens is 338 g/mol. The minimum Gasteiger partial charge on any atom is -0.396 e. The SMILES string of the molecule is C=C/C(=C\C)c1cnc(-c2c(N)c3ncc(C(N)O)cc3[nH]c2=O)s1. The summed E-state index contributed by atoms with van der Waals surface area (Å²) in [7, 11) is 0. The Morgan fingerprint density at radius 3 is 2.84 bits per heavy atom. The van der Waals surface area contributed by atoms with E-state index < -0.39 is 6.23 Å². The number of fused-ring (bicyclic) bond motifs is 1. The van der Waals surface area contributed by atoms with Crippen molar-refractivity contribution in [2.75, 3.05) is 5.73 Å². The normalized spacial score (nSPS) is 13.2. The number of aromatic amines is 1. The molecule has 0 bridgehead atoms. The highest BCUT2D eigenvalue weighted by molar-refractivity contribution is 7.16. The number of pyridine rings is 2. The lowest BCUT2D eigenvalue weighted by Gasteiger charge is -2.09. The zero-order valence-corrected chi connectivity index (χ0v) is 14.3. The second-order valence-corrected chi connectivity index (χ2v) is 6.36. The van der Waals surface area contributed by atoms with Crippen LogP contribution in [-0.4, -0.2) is 20.1 Å². The maximum absolute atomic E-state index is 12.5. The predicted molar refractivity (Wildman–Crippen MR) is 101 cm³/mol. The number of nitrogens with one attached hydrogen (secondary N) is 1. The van der Waals surface area contributed by atoms with Gasteiger partial charge in [0.2, 0.25) is 0 Å². The van der Waals surface area contributed by atoms with Gasteiger partial charge in [-0.25, -0.2) is 4.98 Å². The first-order chi connectivity index (χ1) is 12.0. The van der Waals surface area contributed by atoms with Crippen LogP contribution >= 0.6 is 11.3 Å². The monoisotopic (exact) mass is 355 g/mol. The van der Waals surface area contributed by atoms with E-state index in [4.69, 9.17) is 11.5 Å². The number of aromatic nitrogens is 3. The Kier molecular flexibility index (Phi) is 4.49. The molecule has 128 valence electrons. The summed E-state index contributed by atoms with van der Waals surface area (Å²) in [6, 6.07) is 1.55. The number of hydrogen-bond donors (Lipinski definition) is 4. The zero-order chi connectivity index (χ0) is 18.1. The van der Waals surface area contributed by atoms with Crippen molar-refractivity contribution in [1.29, 1.82) is 0 Å². The Hall–Kier alpha value is -2.81. The lowest BCUT2D eigenvalue weighted by atomic mass is 10.1. The number of allylic oxidation sites excluding steroid dienone is 3. The number of aliphatic hydroxyl groups excluding tert-OH is 1. The third-order valence-corrected chi connectivity index (χ3v) is 4.85. The molecule has 0 spiro atoms. The van der Waals surface area contributed by atoms with Crippen LogP contribution in [0.1, 0.15) is 23.6 Å². The standard InChI is InChI=1S/C17H17N5O2S/c1-3-8(4-2)11-7-21-17(25-11)12-13(18)14-10(22-16(12)24)5-9(6-20-14)15(19)23/h3-7,15,23H,1,19H2,2H3,(H3,18,22,24)/b8-4+. The summed E-state index contributed by atoms with van der Waals surface area (Å²) in [4.78, 5) is 24.7. The Morgan fingerprint density at radius 1 is 1.44 bits per heavy atom. The average Bonchev–Trinajstić information content (AvgIpc) is 3.04. The molecule has 6 N–H and O–H groups in total. The molecule has 8 heteroatoms. The second-order valence-electron chi connectivity index (χ2n) is 5.33. The smallest absolute Gasteiger partial charge is 0.260 e. The Bertz CT molecular complexity index is 1050. The first kappa shape index (κ1) is 17.0. The molecule has 7 nitrogen and oxygen atoms in total. The van der Waals surface area contributed by atoms with Gasteiger partial charge in [0.1, 0.15) is 22.3 Å². The van der Waals surface area contributed by atoms with Crippen LogP contribution in [0.25, 0.3) is 27.2 Å². The molecule has 0 aliphatic carbocycles. The summed E-state index contributed by atoms with van der Waals surface area (Å²) < 4.78 is 0. The molecular formula is C17H17N5O2S. The number of nitrogens with two attached hydrogens (primary N) is 2. The highest BCUT2D eigenvalue weighted by atomic mass is 32.1. The van der Waals surface area contributed by atoms with Gasteiger partial charge in [-0.2, -0.15) is 0 Å². The van der Waals surface area contributed by atoms with E-state index in [0.717, 1.165) is 10.5 Å². The summed E-state index contributed by atoms with van der Waals surface area (Å²) in [5.41, 5.74) is 13.9. The summed E-state index contributed by atoms with van der Waals surface area (Å²) in [5.74, 6) is 0. The van der Waals surface area contributed by atoms with Gasteiger partial charge in [0.25, 0.3) is 5.56 Å². The number of anilines is 1. The van der Waals surface area contributed by atoms with Crippen LogP contribution in [0, 0.1) is 0 Å². The van der Waals surface area contributed by atoms with E-state index in [1.165, 1.54) is 17.5 Å². The molecule has 0 amide bonds. The molecule has 3 heterocycles. The molecule has 1 atom stereocenters. The van der Waals surface area contributed by atoms with Crippen LogP contribution in [0.15, 0.2) is 42.0 Å². The van der Waals surface area contributed by atoms with Crippen molar-refractivity contribution < 1.29 is 5.11 Å². The summed E-state index contributed by atoms with van der Waals surface area (Å²) >= 11 is 1.35. The molecule has 0 radical (unpaired) electrons. The minimum atomic E-state index is -1.18. The van der Waals surface area contributed by atoms with E-state index in [-0.39, 0.29) is 16.8 Å². The largest absolute Gasteiger partial charge is 0.396 e. The van der Waals surface area contributed by atoms with Gasteiger partial charge in [0.15, 0.2) is 0 Å². The van der Waals surface area contributed by atoms with Crippen LogP contribution in [-0.2, 0) is 0 Å². The van der Waals surface area contributed by atoms with Crippen molar-refractivity contribution in [1.82, 2.24) is 15.0 Å². The first-order valence-electron chi connectivity index (χ1n) is 7.46. The van der Waals surface area contributed by atoms with Gasteiger partial charge in [0, 0.05) is 18.0 Å². The first-order valence-corrected chi connectivity index (χ1v) is 8.28. The van der Waals surface area contributed by atoms with E-state index in [1.54, 1.807) is 18.3 Å². The fraction of sp³-hybridized carbons (Fsp3) is 0.118. The molecule has 25 heavy (non-hydrogen) atoms. The van der Waals surface area contributed by atoms with E-state index in [2.05, 4.69) is 21.5 Å². The quantitative estimate of drug-likeness (QED) is 0.419. The van der Waals surface area contributed by atoms with Crippen LogP contribution < -0.4 is 17.0 Å². The topological polar surface area (TPSA) is 131 Å². The summed E-state index contributed by atoms with van der Waals surface area (Å²) in [6.07, 6.45) is 5.57. The van der Waals surface area contributed by atoms with Gasteiger partial charge in [-0.15, -0.1) is 11.3 Å². The van der Waals surface area contributed by atoms with Crippen LogP contribution in [0.4, 0.5) is 5.69 Å². The Labute approximate surface area is 147 Å². The molecule has 0 aromatic carbocycles. The van der Waals surface area contributed by atoms with E-state index in [9.17, 15) is 9.90 Å². The van der Waals surface area contributed by atoms with Gasteiger partial charge in [0.05, 0.1) is 16.1 Å². The number of aliphatic hydroxyl groups is 1. The zero-order valence-electron chi connectivity index (χ0n) is 13.5. The predicted octanol–water partition coefficient (Wildman–Crippen LogP) is 2.17. The molecule has 0 saturated heterocycles. The fourth-order valence-corrected chi connectivity index (χ4v) is 3.52. The molecule has 1 unspecified atom stereocenters. The van der Waals surface area contributed by atoms with Crippen molar-refractivity contribution in [2.24, 2.45) is 5.73 Å².